The van der Waals surface area contributed by atoms with E-state index in [1.165, 1.54) is 25.3 Å². The summed E-state index contributed by atoms with van der Waals surface area (Å²) >= 11 is 3.20. The van der Waals surface area contributed by atoms with Crippen molar-refractivity contribution in [3.8, 4) is 0 Å². The maximum Gasteiger partial charge on any atom is 0.252 e. The quantitative estimate of drug-likeness (QED) is 0.872. The highest BCUT2D eigenvalue weighted by molar-refractivity contribution is 9.10. The summed E-state index contributed by atoms with van der Waals surface area (Å²) in [6.45, 7) is 0.674. The summed E-state index contributed by atoms with van der Waals surface area (Å²) in [6.07, 6.45) is -0.230. The second kappa shape index (κ2) is 7.45. The first kappa shape index (κ1) is 15.1. The lowest BCUT2D eigenvalue weighted by Gasteiger charge is -2.15. The van der Waals surface area contributed by atoms with Gasteiger partial charge in [-0.05, 0) is 34.1 Å². The summed E-state index contributed by atoms with van der Waals surface area (Å²) in [5, 5.41) is 2.66. The number of methoxy groups -OCH3 is 2. The number of benzene rings is 1. The van der Waals surface area contributed by atoms with E-state index in [4.69, 9.17) is 9.47 Å². The second-order valence-corrected chi connectivity index (χ2v) is 4.50. The topological polar surface area (TPSA) is 47.6 Å². The number of carbonyl (C=O) groups excluding carboxylic acids is 1. The average Bonchev–Trinajstić information content (AvgIpc) is 2.37. The van der Waals surface area contributed by atoms with Crippen LogP contribution in [0.4, 0.5) is 4.39 Å². The normalized spacial score (nSPS) is 12.2. The SMILES string of the molecule is COCC(CNC(=O)c1cc(F)ccc1Br)OC. The first-order chi connectivity index (χ1) is 8.58. The molecule has 0 aliphatic rings. The summed E-state index contributed by atoms with van der Waals surface area (Å²) in [6, 6.07) is 3.95. The highest BCUT2D eigenvalue weighted by Crippen LogP contribution is 2.17. The van der Waals surface area contributed by atoms with E-state index in [0.29, 0.717) is 17.6 Å². The zero-order chi connectivity index (χ0) is 13.5. The summed E-state index contributed by atoms with van der Waals surface area (Å²) in [4.78, 5) is 11.8. The number of carbonyl (C=O) groups is 1. The van der Waals surface area contributed by atoms with Crippen molar-refractivity contribution in [2.75, 3.05) is 27.4 Å². The first-order valence-electron chi connectivity index (χ1n) is 5.33. The van der Waals surface area contributed by atoms with Gasteiger partial charge in [-0.25, -0.2) is 4.39 Å². The fraction of sp³-hybridized carbons (Fsp3) is 0.417. The van der Waals surface area contributed by atoms with Crippen LogP contribution < -0.4 is 5.32 Å². The molecule has 0 bridgehead atoms. The zero-order valence-electron chi connectivity index (χ0n) is 10.2. The van der Waals surface area contributed by atoms with Crippen LogP contribution in [0.25, 0.3) is 0 Å². The molecule has 0 saturated heterocycles. The van der Waals surface area contributed by atoms with Crippen LogP contribution in [-0.2, 0) is 9.47 Å². The third kappa shape index (κ3) is 4.36. The molecule has 0 radical (unpaired) electrons. The number of amides is 1. The van der Waals surface area contributed by atoms with Crippen molar-refractivity contribution in [1.82, 2.24) is 5.32 Å². The summed E-state index contributed by atoms with van der Waals surface area (Å²) in [5.74, 6) is -0.817. The van der Waals surface area contributed by atoms with Crippen LogP contribution >= 0.6 is 15.9 Å². The molecule has 0 aromatic heterocycles. The zero-order valence-corrected chi connectivity index (χ0v) is 11.8. The molecule has 1 rings (SSSR count). The Morgan fingerprint density at radius 3 is 2.83 bits per heavy atom. The predicted octanol–water partition coefficient (Wildman–Crippen LogP) is 1.98. The Morgan fingerprint density at radius 2 is 2.22 bits per heavy atom. The van der Waals surface area contributed by atoms with Crippen LogP contribution in [-0.4, -0.2) is 39.4 Å². The van der Waals surface area contributed by atoms with Gasteiger partial charge in [-0.1, -0.05) is 0 Å². The lowest BCUT2D eigenvalue weighted by atomic mass is 10.2. The number of nitrogens with one attached hydrogen (secondary N) is 1. The average molecular weight is 320 g/mol. The monoisotopic (exact) mass is 319 g/mol. The molecule has 0 aliphatic heterocycles. The molecule has 1 amide bonds. The van der Waals surface area contributed by atoms with Crippen molar-refractivity contribution >= 4 is 21.8 Å². The highest BCUT2D eigenvalue weighted by Gasteiger charge is 2.13. The van der Waals surface area contributed by atoms with Crippen molar-refractivity contribution in [2.45, 2.75) is 6.10 Å². The van der Waals surface area contributed by atoms with Gasteiger partial charge in [0, 0.05) is 25.2 Å². The van der Waals surface area contributed by atoms with Crippen molar-refractivity contribution in [3.63, 3.8) is 0 Å². The summed E-state index contributed by atoms with van der Waals surface area (Å²) in [7, 11) is 3.09. The van der Waals surface area contributed by atoms with E-state index in [2.05, 4.69) is 21.2 Å². The number of halogens is 2. The van der Waals surface area contributed by atoms with Crippen molar-refractivity contribution in [2.24, 2.45) is 0 Å². The van der Waals surface area contributed by atoms with Gasteiger partial charge in [-0.3, -0.25) is 4.79 Å². The Morgan fingerprint density at radius 1 is 1.50 bits per heavy atom. The number of ether oxygens (including phenoxy) is 2. The minimum absolute atomic E-state index is 0.230. The van der Waals surface area contributed by atoms with Gasteiger partial charge in [0.15, 0.2) is 0 Å². The van der Waals surface area contributed by atoms with E-state index in [1.54, 1.807) is 7.11 Å². The molecule has 100 valence electrons. The molecule has 0 spiro atoms. The first-order valence-corrected chi connectivity index (χ1v) is 6.12. The Hall–Kier alpha value is -0.980. The number of hydrogen-bond donors (Lipinski definition) is 1. The molecular weight excluding hydrogens is 305 g/mol. The standard InChI is InChI=1S/C12H15BrFNO3/c1-17-7-9(18-2)6-15-12(16)10-5-8(14)3-4-11(10)13/h3-5,9H,6-7H2,1-2H3,(H,15,16). The Bertz CT molecular complexity index is 414. The minimum atomic E-state index is -0.455. The number of rotatable bonds is 6. The third-order valence-corrected chi connectivity index (χ3v) is 3.04. The summed E-state index contributed by atoms with van der Waals surface area (Å²) < 4.78 is 23.6. The van der Waals surface area contributed by atoms with Crippen molar-refractivity contribution in [3.05, 3.63) is 34.1 Å². The van der Waals surface area contributed by atoms with Crippen LogP contribution in [0.1, 0.15) is 10.4 Å². The summed E-state index contributed by atoms with van der Waals surface area (Å²) in [5.41, 5.74) is 0.252. The minimum Gasteiger partial charge on any atom is -0.382 e. The van der Waals surface area contributed by atoms with Gasteiger partial charge in [0.2, 0.25) is 0 Å². The molecule has 1 aromatic rings. The smallest absolute Gasteiger partial charge is 0.252 e. The van der Waals surface area contributed by atoms with Gasteiger partial charge in [-0.15, -0.1) is 0 Å². The second-order valence-electron chi connectivity index (χ2n) is 3.65. The predicted molar refractivity (Wildman–Crippen MR) is 69.1 cm³/mol. The van der Waals surface area contributed by atoms with Crippen LogP contribution in [0.3, 0.4) is 0 Å². The molecular formula is C12H15BrFNO3. The van der Waals surface area contributed by atoms with Crippen molar-refractivity contribution < 1.29 is 18.7 Å². The lowest BCUT2D eigenvalue weighted by molar-refractivity contribution is 0.0285. The molecule has 6 heteroatoms. The lowest BCUT2D eigenvalue weighted by Crippen LogP contribution is -2.35. The molecule has 0 fully saturated rings. The maximum absolute atomic E-state index is 13.0. The van der Waals surface area contributed by atoms with E-state index in [-0.39, 0.29) is 17.6 Å². The van der Waals surface area contributed by atoms with Gasteiger partial charge < -0.3 is 14.8 Å². The fourth-order valence-corrected chi connectivity index (χ4v) is 1.80. The highest BCUT2D eigenvalue weighted by atomic mass is 79.9. The Kier molecular flexibility index (Phi) is 6.24. The molecule has 1 N–H and O–H groups in total. The molecule has 1 atom stereocenters. The molecule has 1 unspecified atom stereocenters. The third-order valence-electron chi connectivity index (χ3n) is 2.35. The van der Waals surface area contributed by atoms with Gasteiger partial charge in [0.25, 0.3) is 5.91 Å². The van der Waals surface area contributed by atoms with Gasteiger partial charge >= 0.3 is 0 Å². The molecule has 0 aliphatic carbocycles. The Labute approximate surface area is 114 Å². The van der Waals surface area contributed by atoms with Crippen LogP contribution in [0.5, 0.6) is 0 Å². The maximum atomic E-state index is 13.0. The Balaban J connectivity index is 2.62. The molecule has 0 heterocycles. The number of hydrogen-bond acceptors (Lipinski definition) is 3. The van der Waals surface area contributed by atoms with Crippen LogP contribution in [0.2, 0.25) is 0 Å². The van der Waals surface area contributed by atoms with Crippen LogP contribution in [0, 0.1) is 5.82 Å². The van der Waals surface area contributed by atoms with Crippen LogP contribution in [0.15, 0.2) is 22.7 Å². The largest absolute Gasteiger partial charge is 0.382 e. The molecule has 18 heavy (non-hydrogen) atoms. The molecule has 4 nitrogen and oxygen atoms in total. The van der Waals surface area contributed by atoms with E-state index < -0.39 is 5.82 Å². The molecule has 0 saturated carbocycles. The van der Waals surface area contributed by atoms with Gasteiger partial charge in [0.1, 0.15) is 5.82 Å². The van der Waals surface area contributed by atoms with E-state index in [1.807, 2.05) is 0 Å². The van der Waals surface area contributed by atoms with Crippen molar-refractivity contribution in [1.29, 1.82) is 0 Å². The van der Waals surface area contributed by atoms with E-state index in [0.717, 1.165) is 0 Å². The van der Waals surface area contributed by atoms with E-state index >= 15 is 0 Å². The van der Waals surface area contributed by atoms with Gasteiger partial charge in [-0.2, -0.15) is 0 Å². The van der Waals surface area contributed by atoms with Gasteiger partial charge in [0.05, 0.1) is 18.3 Å². The van der Waals surface area contributed by atoms with E-state index in [9.17, 15) is 9.18 Å². The molecule has 1 aromatic carbocycles. The fourth-order valence-electron chi connectivity index (χ4n) is 1.37.